The lowest BCUT2D eigenvalue weighted by atomic mass is 9.47. The van der Waals surface area contributed by atoms with Crippen LogP contribution in [0.5, 0.6) is 0 Å². The van der Waals surface area contributed by atoms with Crippen molar-refractivity contribution in [2.24, 2.45) is 34.0 Å². The average molecular weight is 389 g/mol. The van der Waals surface area contributed by atoms with E-state index in [1.807, 2.05) is 27.8 Å². The third-order valence-electron chi connectivity index (χ3n) is 9.54. The maximum atomic E-state index is 12.7. The first-order chi connectivity index (χ1) is 13.0. The van der Waals surface area contributed by atoms with Crippen LogP contribution in [0.2, 0.25) is 0 Å². The molecule has 4 nitrogen and oxygen atoms in total. The second-order valence-corrected chi connectivity index (χ2v) is 11.9. The second kappa shape index (κ2) is 6.47. The van der Waals surface area contributed by atoms with Crippen molar-refractivity contribution in [1.29, 1.82) is 0 Å². The molecule has 7 atom stereocenters. The Labute approximate surface area is 171 Å². The third-order valence-corrected chi connectivity index (χ3v) is 9.54. The summed E-state index contributed by atoms with van der Waals surface area (Å²) >= 11 is 0. The van der Waals surface area contributed by atoms with E-state index in [4.69, 9.17) is 0 Å². The molecule has 1 heterocycles. The first-order valence-electron chi connectivity index (χ1n) is 11.5. The van der Waals surface area contributed by atoms with Gasteiger partial charge in [-0.2, -0.15) is 0 Å². The Kier molecular flexibility index (Phi) is 4.67. The average Bonchev–Trinajstić information content (AvgIpc) is 2.94. The number of rotatable bonds is 1. The summed E-state index contributed by atoms with van der Waals surface area (Å²) in [6, 6.07) is 0.753. The highest BCUT2D eigenvalue weighted by atomic mass is 16.2. The minimum atomic E-state index is -0.323. The van der Waals surface area contributed by atoms with Crippen LogP contribution in [0, 0.1) is 34.0 Å². The Morgan fingerprint density at radius 2 is 1.68 bits per heavy atom. The third kappa shape index (κ3) is 2.84. The number of amides is 2. The number of fused-ring (bicyclic) bond motifs is 5. The summed E-state index contributed by atoms with van der Waals surface area (Å²) in [5, 5.41) is 3.44. The van der Waals surface area contributed by atoms with E-state index < -0.39 is 0 Å². The predicted octanol–water partition coefficient (Wildman–Crippen LogP) is 4.38. The van der Waals surface area contributed by atoms with Gasteiger partial charge in [0.25, 0.3) is 0 Å². The van der Waals surface area contributed by atoms with Gasteiger partial charge in [0, 0.05) is 31.0 Å². The van der Waals surface area contributed by atoms with Crippen LogP contribution in [-0.2, 0) is 9.59 Å². The highest BCUT2D eigenvalue weighted by Crippen LogP contribution is 2.64. The number of likely N-dealkylation sites (tertiary alicyclic amines) is 1. The summed E-state index contributed by atoms with van der Waals surface area (Å²) in [5.41, 5.74) is 0.192. The second-order valence-electron chi connectivity index (χ2n) is 11.9. The SMILES string of the molecule is CN1C(=O)CC[C@]2(C)[C@H]3CC[C@]4(C)C(NC(=O)C(C)(C)C)CC[C@H]4[C@@H]3CC[C@@H]12. The molecular weight excluding hydrogens is 348 g/mol. The fourth-order valence-corrected chi connectivity index (χ4v) is 7.76. The van der Waals surface area contributed by atoms with E-state index in [1.165, 1.54) is 25.7 Å². The van der Waals surface area contributed by atoms with Gasteiger partial charge in [-0.05, 0) is 73.5 Å². The molecule has 0 bridgehead atoms. The van der Waals surface area contributed by atoms with Crippen LogP contribution >= 0.6 is 0 Å². The van der Waals surface area contributed by atoms with Crippen molar-refractivity contribution in [3.05, 3.63) is 0 Å². The number of hydrogen-bond acceptors (Lipinski definition) is 2. The van der Waals surface area contributed by atoms with Crippen LogP contribution in [0.15, 0.2) is 0 Å². The number of nitrogens with zero attached hydrogens (tertiary/aromatic N) is 1. The fourth-order valence-electron chi connectivity index (χ4n) is 7.76. The molecular formula is C24H40N2O2. The molecule has 0 radical (unpaired) electrons. The molecule has 28 heavy (non-hydrogen) atoms. The molecule has 158 valence electrons. The summed E-state index contributed by atoms with van der Waals surface area (Å²) in [7, 11) is 2.03. The molecule has 1 N–H and O–H groups in total. The molecule has 0 aromatic carbocycles. The number of carbonyl (C=O) groups excluding carboxylic acids is 2. The standard InChI is InChI=1S/C24H40N2O2/c1-22(2,3)21(28)25-18-9-8-16-15-7-10-19-24(5,14-12-20(27)26(19)6)17(15)11-13-23(16,18)4/h15-19H,7-14H2,1-6H3,(H,25,28)/t15-,16-,17-,18?,19+,23-,24+/m0/s1. The van der Waals surface area contributed by atoms with Gasteiger partial charge in [-0.25, -0.2) is 0 Å². The number of nitrogens with one attached hydrogen (secondary N) is 1. The predicted molar refractivity (Wildman–Crippen MR) is 112 cm³/mol. The van der Waals surface area contributed by atoms with Crippen molar-refractivity contribution in [3.8, 4) is 0 Å². The van der Waals surface area contributed by atoms with Gasteiger partial charge in [0.15, 0.2) is 0 Å². The van der Waals surface area contributed by atoms with E-state index in [1.54, 1.807) is 0 Å². The van der Waals surface area contributed by atoms with E-state index in [2.05, 4.69) is 24.1 Å². The van der Waals surface area contributed by atoms with E-state index >= 15 is 0 Å². The van der Waals surface area contributed by atoms with Crippen LogP contribution in [0.25, 0.3) is 0 Å². The molecule has 4 aliphatic rings. The Morgan fingerprint density at radius 1 is 1.00 bits per heavy atom. The number of piperidine rings is 1. The number of hydrogen-bond donors (Lipinski definition) is 1. The van der Waals surface area contributed by atoms with Crippen molar-refractivity contribution in [1.82, 2.24) is 10.2 Å². The van der Waals surface area contributed by atoms with Crippen molar-refractivity contribution in [2.45, 2.75) is 98.1 Å². The molecule has 0 aromatic heterocycles. The van der Waals surface area contributed by atoms with Gasteiger partial charge < -0.3 is 10.2 Å². The van der Waals surface area contributed by atoms with Gasteiger partial charge in [-0.1, -0.05) is 34.6 Å². The van der Waals surface area contributed by atoms with Crippen LogP contribution in [0.4, 0.5) is 0 Å². The molecule has 4 fully saturated rings. The monoisotopic (exact) mass is 388 g/mol. The first kappa shape index (κ1) is 20.2. The molecule has 1 unspecified atom stereocenters. The summed E-state index contributed by atoms with van der Waals surface area (Å²) < 4.78 is 0. The molecule has 2 amide bonds. The van der Waals surface area contributed by atoms with Gasteiger partial charge in [0.1, 0.15) is 0 Å². The lowest BCUT2D eigenvalue weighted by Crippen LogP contribution is -2.62. The molecule has 0 spiro atoms. The zero-order valence-electron chi connectivity index (χ0n) is 18.8. The molecule has 4 heteroatoms. The zero-order chi connectivity index (χ0) is 20.5. The molecule has 1 saturated heterocycles. The summed E-state index contributed by atoms with van der Waals surface area (Å²) in [6.07, 6.45) is 9.05. The molecule has 4 rings (SSSR count). The van der Waals surface area contributed by atoms with Crippen molar-refractivity contribution in [2.75, 3.05) is 7.05 Å². The maximum Gasteiger partial charge on any atom is 0.225 e. The number of carbonyl (C=O) groups is 2. The highest BCUT2D eigenvalue weighted by Gasteiger charge is 2.61. The fraction of sp³-hybridized carbons (Fsp3) is 0.917. The molecule has 3 saturated carbocycles. The normalized spacial score (nSPS) is 45.9. The lowest BCUT2D eigenvalue weighted by molar-refractivity contribution is -0.157. The summed E-state index contributed by atoms with van der Waals surface area (Å²) in [5.74, 6) is 2.75. The summed E-state index contributed by atoms with van der Waals surface area (Å²) in [4.78, 5) is 27.1. The van der Waals surface area contributed by atoms with Gasteiger partial charge in [-0.15, -0.1) is 0 Å². The van der Waals surface area contributed by atoms with E-state index in [9.17, 15) is 9.59 Å². The Bertz CT molecular complexity index is 668. The first-order valence-corrected chi connectivity index (χ1v) is 11.5. The van der Waals surface area contributed by atoms with Gasteiger partial charge in [0.2, 0.25) is 11.8 Å². The minimum absolute atomic E-state index is 0.199. The van der Waals surface area contributed by atoms with Crippen LogP contribution in [0.3, 0.4) is 0 Å². The quantitative estimate of drug-likeness (QED) is 0.725. The smallest absolute Gasteiger partial charge is 0.225 e. The Balaban J connectivity index is 1.55. The maximum absolute atomic E-state index is 12.7. The molecule has 1 aliphatic heterocycles. The topological polar surface area (TPSA) is 49.4 Å². The zero-order valence-corrected chi connectivity index (χ0v) is 18.8. The highest BCUT2D eigenvalue weighted by molar-refractivity contribution is 5.81. The Hall–Kier alpha value is -1.06. The van der Waals surface area contributed by atoms with Crippen LogP contribution < -0.4 is 5.32 Å². The lowest BCUT2D eigenvalue weighted by Gasteiger charge is -2.61. The van der Waals surface area contributed by atoms with E-state index in [-0.39, 0.29) is 22.2 Å². The van der Waals surface area contributed by atoms with E-state index in [0.717, 1.165) is 43.4 Å². The van der Waals surface area contributed by atoms with Crippen LogP contribution in [-0.4, -0.2) is 35.8 Å². The van der Waals surface area contributed by atoms with E-state index in [0.29, 0.717) is 18.0 Å². The molecule has 0 aromatic rings. The molecule has 3 aliphatic carbocycles. The largest absolute Gasteiger partial charge is 0.352 e. The Morgan fingerprint density at radius 3 is 2.36 bits per heavy atom. The van der Waals surface area contributed by atoms with Gasteiger partial charge >= 0.3 is 0 Å². The van der Waals surface area contributed by atoms with Crippen molar-refractivity contribution in [3.63, 3.8) is 0 Å². The minimum Gasteiger partial charge on any atom is -0.352 e. The van der Waals surface area contributed by atoms with Gasteiger partial charge in [0.05, 0.1) is 0 Å². The van der Waals surface area contributed by atoms with Crippen molar-refractivity contribution < 1.29 is 9.59 Å². The summed E-state index contributed by atoms with van der Waals surface area (Å²) in [6.45, 7) is 11.0. The van der Waals surface area contributed by atoms with Crippen molar-refractivity contribution >= 4 is 11.8 Å². The van der Waals surface area contributed by atoms with Crippen LogP contribution in [0.1, 0.15) is 86.0 Å². The van der Waals surface area contributed by atoms with Gasteiger partial charge in [-0.3, -0.25) is 9.59 Å².